The first-order valence-corrected chi connectivity index (χ1v) is 7.52. The minimum Gasteiger partial charge on any atom is -0.494 e. The number of halogens is 1. The third-order valence-electron chi connectivity index (χ3n) is 2.95. The SMILES string of the molecule is CCCCOC(=O)Nc1ccc2c(Br)ccc(OC)c2n1. The fraction of sp³-hybridized carbons (Fsp3) is 0.333. The van der Waals surface area contributed by atoms with E-state index in [-0.39, 0.29) is 0 Å². The van der Waals surface area contributed by atoms with E-state index in [4.69, 9.17) is 9.47 Å². The lowest BCUT2D eigenvalue weighted by atomic mass is 10.2. The van der Waals surface area contributed by atoms with Crippen molar-refractivity contribution in [3.63, 3.8) is 0 Å². The van der Waals surface area contributed by atoms with E-state index in [1.54, 1.807) is 13.2 Å². The second-order valence-electron chi connectivity index (χ2n) is 4.46. The van der Waals surface area contributed by atoms with Crippen molar-refractivity contribution in [2.45, 2.75) is 19.8 Å². The van der Waals surface area contributed by atoms with Crippen LogP contribution in [0.1, 0.15) is 19.8 Å². The maximum atomic E-state index is 11.6. The first kappa shape index (κ1) is 15.6. The van der Waals surface area contributed by atoms with E-state index in [9.17, 15) is 4.79 Å². The number of amides is 1. The molecule has 0 aliphatic rings. The fourth-order valence-corrected chi connectivity index (χ4v) is 2.29. The van der Waals surface area contributed by atoms with Crippen molar-refractivity contribution in [3.8, 4) is 5.75 Å². The topological polar surface area (TPSA) is 60.5 Å². The Labute approximate surface area is 131 Å². The number of aromatic nitrogens is 1. The van der Waals surface area contributed by atoms with Crippen LogP contribution < -0.4 is 10.1 Å². The second kappa shape index (κ2) is 7.26. The first-order valence-electron chi connectivity index (χ1n) is 6.72. The summed E-state index contributed by atoms with van der Waals surface area (Å²) in [6.07, 6.45) is 1.33. The molecule has 0 spiro atoms. The van der Waals surface area contributed by atoms with Crippen molar-refractivity contribution >= 4 is 38.7 Å². The van der Waals surface area contributed by atoms with Crippen molar-refractivity contribution in [3.05, 3.63) is 28.7 Å². The van der Waals surface area contributed by atoms with E-state index in [1.807, 2.05) is 25.1 Å². The Morgan fingerprint density at radius 2 is 2.14 bits per heavy atom. The molecule has 0 atom stereocenters. The zero-order chi connectivity index (χ0) is 15.2. The maximum Gasteiger partial charge on any atom is 0.412 e. The van der Waals surface area contributed by atoms with Crippen molar-refractivity contribution < 1.29 is 14.3 Å². The van der Waals surface area contributed by atoms with Gasteiger partial charge in [-0.2, -0.15) is 0 Å². The molecule has 6 heteroatoms. The summed E-state index contributed by atoms with van der Waals surface area (Å²) in [6.45, 7) is 2.45. The Morgan fingerprint density at radius 3 is 2.86 bits per heavy atom. The number of pyridine rings is 1. The van der Waals surface area contributed by atoms with Gasteiger partial charge in [-0.05, 0) is 30.7 Å². The number of fused-ring (bicyclic) bond motifs is 1. The monoisotopic (exact) mass is 352 g/mol. The lowest BCUT2D eigenvalue weighted by Gasteiger charge is -2.09. The number of carbonyl (C=O) groups is 1. The zero-order valence-electron chi connectivity index (χ0n) is 12.0. The molecule has 0 fully saturated rings. The molecular formula is C15H17BrN2O3. The first-order chi connectivity index (χ1) is 10.2. The summed E-state index contributed by atoms with van der Waals surface area (Å²) in [7, 11) is 1.59. The lowest BCUT2D eigenvalue weighted by molar-refractivity contribution is 0.160. The molecule has 112 valence electrons. The predicted octanol–water partition coefficient (Wildman–Crippen LogP) is 4.35. The van der Waals surface area contributed by atoms with Gasteiger partial charge in [-0.3, -0.25) is 5.32 Å². The Kier molecular flexibility index (Phi) is 5.38. The van der Waals surface area contributed by atoms with E-state index in [1.165, 1.54) is 0 Å². The average molecular weight is 353 g/mol. The molecule has 1 aromatic heterocycles. The van der Waals surface area contributed by atoms with Crippen LogP contribution in [0.3, 0.4) is 0 Å². The highest BCUT2D eigenvalue weighted by Crippen LogP contribution is 2.31. The molecule has 0 aliphatic carbocycles. The number of hydrogen-bond acceptors (Lipinski definition) is 4. The molecule has 2 aromatic rings. The summed E-state index contributed by atoms with van der Waals surface area (Å²) in [5.41, 5.74) is 0.679. The van der Waals surface area contributed by atoms with Crippen molar-refractivity contribution in [2.24, 2.45) is 0 Å². The molecule has 2 rings (SSSR count). The van der Waals surface area contributed by atoms with Crippen molar-refractivity contribution in [2.75, 3.05) is 19.0 Å². The van der Waals surface area contributed by atoms with Crippen LogP contribution in [0.15, 0.2) is 28.7 Å². The minimum atomic E-state index is -0.496. The summed E-state index contributed by atoms with van der Waals surface area (Å²) in [5.74, 6) is 1.08. The number of ether oxygens (including phenoxy) is 2. The normalized spacial score (nSPS) is 10.4. The number of nitrogens with zero attached hydrogens (tertiary/aromatic N) is 1. The number of methoxy groups -OCH3 is 1. The number of anilines is 1. The Hall–Kier alpha value is -1.82. The summed E-state index contributed by atoms with van der Waals surface area (Å²) >= 11 is 3.47. The summed E-state index contributed by atoms with van der Waals surface area (Å²) in [5, 5.41) is 3.54. The quantitative estimate of drug-likeness (QED) is 0.812. The van der Waals surface area contributed by atoms with Gasteiger partial charge in [-0.1, -0.05) is 29.3 Å². The van der Waals surface area contributed by atoms with E-state index in [2.05, 4.69) is 26.2 Å². The largest absolute Gasteiger partial charge is 0.494 e. The highest BCUT2D eigenvalue weighted by Gasteiger charge is 2.09. The standard InChI is InChI=1S/C15H17BrN2O3/c1-3-4-9-21-15(19)18-13-8-5-10-11(16)6-7-12(20-2)14(10)17-13/h5-8H,3-4,9H2,1-2H3,(H,17,18,19). The predicted molar refractivity (Wildman–Crippen MR) is 85.9 cm³/mol. The summed E-state index contributed by atoms with van der Waals surface area (Å²) in [6, 6.07) is 7.32. The number of nitrogens with one attached hydrogen (secondary N) is 1. The van der Waals surface area contributed by atoms with Crippen LogP contribution in [-0.4, -0.2) is 24.8 Å². The molecule has 0 aliphatic heterocycles. The number of hydrogen-bond donors (Lipinski definition) is 1. The van der Waals surface area contributed by atoms with Gasteiger partial charge in [0.1, 0.15) is 17.1 Å². The van der Waals surface area contributed by atoms with Gasteiger partial charge in [0.2, 0.25) is 0 Å². The molecule has 0 saturated carbocycles. The molecule has 0 unspecified atom stereocenters. The van der Waals surface area contributed by atoms with Gasteiger partial charge in [-0.25, -0.2) is 9.78 Å². The number of rotatable bonds is 5. The highest BCUT2D eigenvalue weighted by atomic mass is 79.9. The lowest BCUT2D eigenvalue weighted by Crippen LogP contribution is -2.15. The maximum absolute atomic E-state index is 11.6. The van der Waals surface area contributed by atoms with E-state index in [0.717, 1.165) is 22.7 Å². The molecule has 1 amide bonds. The third kappa shape index (κ3) is 3.85. The minimum absolute atomic E-state index is 0.408. The molecule has 0 radical (unpaired) electrons. The number of benzene rings is 1. The third-order valence-corrected chi connectivity index (χ3v) is 3.64. The number of unbranched alkanes of at least 4 members (excludes halogenated alkanes) is 1. The van der Waals surface area contributed by atoms with Crippen LogP contribution in [0.4, 0.5) is 10.6 Å². The van der Waals surface area contributed by atoms with Crippen molar-refractivity contribution in [1.29, 1.82) is 0 Å². The number of carbonyl (C=O) groups excluding carboxylic acids is 1. The van der Waals surface area contributed by atoms with Crippen LogP contribution in [0.5, 0.6) is 5.75 Å². The van der Waals surface area contributed by atoms with Crippen molar-refractivity contribution in [1.82, 2.24) is 4.98 Å². The van der Waals surface area contributed by atoms with Gasteiger partial charge >= 0.3 is 6.09 Å². The van der Waals surface area contributed by atoms with Gasteiger partial charge in [0.25, 0.3) is 0 Å². The fourth-order valence-electron chi connectivity index (χ4n) is 1.84. The van der Waals surface area contributed by atoms with Crippen LogP contribution in [0.25, 0.3) is 10.9 Å². The molecule has 1 heterocycles. The Balaban J connectivity index is 2.20. The molecule has 5 nitrogen and oxygen atoms in total. The second-order valence-corrected chi connectivity index (χ2v) is 5.31. The van der Waals surface area contributed by atoms with E-state index < -0.39 is 6.09 Å². The Morgan fingerprint density at radius 1 is 1.33 bits per heavy atom. The molecular weight excluding hydrogens is 336 g/mol. The van der Waals surface area contributed by atoms with Gasteiger partial charge in [0, 0.05) is 9.86 Å². The van der Waals surface area contributed by atoms with Gasteiger partial charge in [0.15, 0.2) is 0 Å². The van der Waals surface area contributed by atoms with Crippen LogP contribution in [0, 0.1) is 0 Å². The van der Waals surface area contributed by atoms with E-state index in [0.29, 0.717) is 23.7 Å². The molecule has 21 heavy (non-hydrogen) atoms. The average Bonchev–Trinajstić information content (AvgIpc) is 2.48. The molecule has 0 bridgehead atoms. The Bertz CT molecular complexity index is 646. The van der Waals surface area contributed by atoms with E-state index >= 15 is 0 Å². The molecule has 1 N–H and O–H groups in total. The zero-order valence-corrected chi connectivity index (χ0v) is 13.6. The molecule has 1 aromatic carbocycles. The van der Waals surface area contributed by atoms with Gasteiger partial charge < -0.3 is 9.47 Å². The highest BCUT2D eigenvalue weighted by molar-refractivity contribution is 9.10. The van der Waals surface area contributed by atoms with Gasteiger partial charge in [-0.15, -0.1) is 0 Å². The van der Waals surface area contributed by atoms with Crippen LogP contribution in [0.2, 0.25) is 0 Å². The molecule has 0 saturated heterocycles. The smallest absolute Gasteiger partial charge is 0.412 e. The summed E-state index contributed by atoms with van der Waals surface area (Å²) in [4.78, 5) is 16.0. The van der Waals surface area contributed by atoms with Gasteiger partial charge in [0.05, 0.1) is 13.7 Å². The summed E-state index contributed by atoms with van der Waals surface area (Å²) < 4.78 is 11.3. The van der Waals surface area contributed by atoms with Crippen LogP contribution in [-0.2, 0) is 4.74 Å². The van der Waals surface area contributed by atoms with Crippen LogP contribution >= 0.6 is 15.9 Å².